The van der Waals surface area contributed by atoms with Gasteiger partial charge in [0.1, 0.15) is 16.5 Å². The molecular weight excluding hydrogens is 604 g/mol. The van der Waals surface area contributed by atoms with E-state index in [1.165, 1.54) is 5.56 Å². The summed E-state index contributed by atoms with van der Waals surface area (Å²) in [6, 6.07) is 18.3. The Morgan fingerprint density at radius 1 is 0.804 bits per heavy atom. The zero-order valence-corrected chi connectivity index (χ0v) is 27.0. The maximum Gasteiger partial charge on any atom is 0.231 e. The van der Waals surface area contributed by atoms with Gasteiger partial charge in [-0.25, -0.2) is 4.98 Å². The van der Waals surface area contributed by atoms with E-state index in [0.29, 0.717) is 26.4 Å². The molecule has 0 N–H and O–H groups in total. The highest BCUT2D eigenvalue weighted by Crippen LogP contribution is 2.35. The first-order valence-corrected chi connectivity index (χ1v) is 16.2. The second-order valence-electron chi connectivity index (χ2n) is 11.5. The first-order chi connectivity index (χ1) is 22.5. The molecule has 3 aliphatic rings. The van der Waals surface area contributed by atoms with E-state index in [9.17, 15) is 0 Å². The molecule has 0 unspecified atom stereocenters. The van der Waals surface area contributed by atoms with Crippen LogP contribution in [0.25, 0.3) is 5.70 Å². The summed E-state index contributed by atoms with van der Waals surface area (Å²) < 4.78 is 33.3. The minimum atomic E-state index is 0.256. The lowest BCUT2D eigenvalue weighted by Crippen LogP contribution is -2.44. The van der Waals surface area contributed by atoms with Crippen molar-refractivity contribution in [1.29, 1.82) is 0 Å². The summed E-state index contributed by atoms with van der Waals surface area (Å²) in [6.45, 7) is 11.7. The van der Waals surface area contributed by atoms with Crippen molar-refractivity contribution in [1.82, 2.24) is 19.7 Å². The van der Waals surface area contributed by atoms with Crippen molar-refractivity contribution in [3.63, 3.8) is 0 Å². The molecule has 7 rings (SSSR count). The third kappa shape index (κ3) is 6.72. The summed E-state index contributed by atoms with van der Waals surface area (Å²) in [5.74, 6) is 4.78. The maximum absolute atomic E-state index is 5.72. The van der Waals surface area contributed by atoms with E-state index < -0.39 is 0 Å². The average molecular weight is 643 g/mol. The van der Waals surface area contributed by atoms with Crippen LogP contribution in [0.4, 0.5) is 0 Å². The van der Waals surface area contributed by atoms with Crippen LogP contribution in [0.1, 0.15) is 27.4 Å². The lowest BCUT2D eigenvalue weighted by Gasteiger charge is -2.36. The largest absolute Gasteiger partial charge is 0.497 e. The van der Waals surface area contributed by atoms with Gasteiger partial charge in [0.2, 0.25) is 13.6 Å². The van der Waals surface area contributed by atoms with E-state index in [2.05, 4.69) is 57.0 Å². The van der Waals surface area contributed by atoms with Crippen LogP contribution in [0.5, 0.6) is 34.5 Å². The normalized spacial score (nSPS) is 15.4. The summed E-state index contributed by atoms with van der Waals surface area (Å²) in [5.41, 5.74) is 5.36. The Balaban J connectivity index is 1.01. The number of rotatable bonds is 12. The van der Waals surface area contributed by atoms with Crippen LogP contribution in [0.3, 0.4) is 0 Å². The van der Waals surface area contributed by atoms with E-state index in [-0.39, 0.29) is 6.79 Å². The van der Waals surface area contributed by atoms with Gasteiger partial charge in [0.15, 0.2) is 23.0 Å². The fourth-order valence-electron chi connectivity index (χ4n) is 6.03. The Morgan fingerprint density at radius 2 is 1.50 bits per heavy atom. The second-order valence-corrected chi connectivity index (χ2v) is 12.5. The van der Waals surface area contributed by atoms with Gasteiger partial charge >= 0.3 is 0 Å². The van der Waals surface area contributed by atoms with Gasteiger partial charge in [-0.2, -0.15) is 0 Å². The zero-order chi connectivity index (χ0) is 31.5. The predicted molar refractivity (Wildman–Crippen MR) is 176 cm³/mol. The zero-order valence-electron chi connectivity index (χ0n) is 26.2. The summed E-state index contributed by atoms with van der Waals surface area (Å²) in [5, 5.41) is 3.16. The highest BCUT2D eigenvalue weighted by Gasteiger charge is 2.23. The quantitative estimate of drug-likeness (QED) is 0.195. The van der Waals surface area contributed by atoms with Gasteiger partial charge in [0.25, 0.3) is 0 Å². The minimum absolute atomic E-state index is 0.256. The van der Waals surface area contributed by atoms with Crippen LogP contribution in [-0.4, -0.2) is 73.7 Å². The maximum atomic E-state index is 5.72. The molecule has 1 fully saturated rings. The molecule has 0 bridgehead atoms. The Hall–Kier alpha value is -4.45. The molecule has 0 aliphatic carbocycles. The highest BCUT2D eigenvalue weighted by molar-refractivity contribution is 7.09. The number of nitrogens with zero attached hydrogens (tertiary/aromatic N) is 4. The van der Waals surface area contributed by atoms with Crippen LogP contribution >= 0.6 is 11.3 Å². The van der Waals surface area contributed by atoms with Crippen molar-refractivity contribution >= 4 is 17.0 Å². The van der Waals surface area contributed by atoms with Gasteiger partial charge in [-0.1, -0.05) is 24.8 Å². The Morgan fingerprint density at radius 3 is 2.22 bits per heavy atom. The average Bonchev–Trinajstić information content (AvgIpc) is 3.86. The summed E-state index contributed by atoms with van der Waals surface area (Å²) in [4.78, 5) is 12.2. The minimum Gasteiger partial charge on any atom is -0.497 e. The standard InChI is InChI=1S/C35H38N4O6S/c1-24(39-12-10-37(11-13-39)17-25-4-8-30-33(14-25)44-22-42-30)29-21-46-35(36-29)20-38(18-26-5-9-31-34(15-26)45-23-43-31)19-27-6-7-28(40-2)16-32(27)41-3/h4-9,14-16,21H,1,10-13,17-20,22-23H2,2-3H3. The number of benzene rings is 3. The van der Waals surface area contributed by atoms with Gasteiger partial charge in [0.05, 0.1) is 32.2 Å². The summed E-state index contributed by atoms with van der Waals surface area (Å²) in [7, 11) is 3.35. The number of hydrogen-bond donors (Lipinski definition) is 0. The summed E-state index contributed by atoms with van der Waals surface area (Å²) >= 11 is 1.67. The van der Waals surface area contributed by atoms with E-state index in [4.69, 9.17) is 33.4 Å². The topological polar surface area (TPSA) is 78.0 Å². The molecule has 3 aromatic carbocycles. The molecule has 0 atom stereocenters. The van der Waals surface area contributed by atoms with Crippen molar-refractivity contribution in [2.45, 2.75) is 26.2 Å². The van der Waals surface area contributed by atoms with Gasteiger partial charge in [-0.15, -0.1) is 11.3 Å². The molecule has 11 heteroatoms. The fraction of sp³-hybridized carbons (Fsp3) is 0.343. The Bertz CT molecular complexity index is 1700. The van der Waals surface area contributed by atoms with Crippen molar-refractivity contribution < 1.29 is 28.4 Å². The number of hydrogen-bond acceptors (Lipinski definition) is 11. The van der Waals surface area contributed by atoms with Gasteiger partial charge < -0.3 is 33.3 Å². The molecule has 1 saturated heterocycles. The molecule has 10 nitrogen and oxygen atoms in total. The van der Waals surface area contributed by atoms with Crippen molar-refractivity contribution in [2.75, 3.05) is 54.0 Å². The Labute approximate surface area is 273 Å². The van der Waals surface area contributed by atoms with E-state index >= 15 is 0 Å². The fourth-order valence-corrected chi connectivity index (χ4v) is 6.88. The molecule has 240 valence electrons. The smallest absolute Gasteiger partial charge is 0.231 e. The molecule has 4 aromatic rings. The summed E-state index contributed by atoms with van der Waals surface area (Å²) in [6.07, 6.45) is 0. The van der Waals surface area contributed by atoms with E-state index in [1.807, 2.05) is 24.3 Å². The first kappa shape index (κ1) is 30.2. The molecule has 0 spiro atoms. The molecule has 1 aromatic heterocycles. The number of fused-ring (bicyclic) bond motifs is 2. The molecule has 3 aliphatic heterocycles. The van der Waals surface area contributed by atoms with Gasteiger partial charge in [-0.3, -0.25) is 9.80 Å². The lowest BCUT2D eigenvalue weighted by molar-refractivity contribution is 0.168. The molecule has 0 radical (unpaired) electrons. The number of methoxy groups -OCH3 is 2. The third-order valence-electron chi connectivity index (χ3n) is 8.53. The number of thiazole rings is 1. The van der Waals surface area contributed by atoms with Crippen LogP contribution in [0.2, 0.25) is 0 Å². The van der Waals surface area contributed by atoms with Crippen molar-refractivity contribution in [3.05, 3.63) is 93.9 Å². The lowest BCUT2D eigenvalue weighted by atomic mass is 10.1. The van der Waals surface area contributed by atoms with Gasteiger partial charge in [0, 0.05) is 62.8 Å². The van der Waals surface area contributed by atoms with Crippen molar-refractivity contribution in [3.8, 4) is 34.5 Å². The molecule has 0 saturated carbocycles. The monoisotopic (exact) mass is 642 g/mol. The molecular formula is C35H38N4O6S. The SMILES string of the molecule is C=C(c1csc(CN(Cc2ccc3c(c2)OCO3)Cc2ccc(OC)cc2OC)n1)N1CCN(Cc2ccc3c(c2)OCO3)CC1. The third-order valence-corrected chi connectivity index (χ3v) is 9.37. The molecule has 0 amide bonds. The van der Waals surface area contributed by atoms with Crippen molar-refractivity contribution in [2.24, 2.45) is 0 Å². The predicted octanol–water partition coefficient (Wildman–Crippen LogP) is 5.61. The number of piperazine rings is 1. The number of ether oxygens (including phenoxy) is 6. The van der Waals surface area contributed by atoms with Gasteiger partial charge in [-0.05, 0) is 41.5 Å². The van der Waals surface area contributed by atoms with Crippen LogP contribution in [-0.2, 0) is 26.2 Å². The first-order valence-electron chi connectivity index (χ1n) is 15.4. The molecule has 4 heterocycles. The van der Waals surface area contributed by atoms with E-state index in [1.54, 1.807) is 25.6 Å². The van der Waals surface area contributed by atoms with Crippen LogP contribution in [0, 0.1) is 0 Å². The Kier molecular flexibility index (Phi) is 8.87. The number of aromatic nitrogens is 1. The highest BCUT2D eigenvalue weighted by atomic mass is 32.1. The van der Waals surface area contributed by atoms with Crippen LogP contribution in [0.15, 0.2) is 66.6 Å². The van der Waals surface area contributed by atoms with E-state index in [0.717, 1.165) is 94.7 Å². The molecule has 46 heavy (non-hydrogen) atoms. The van der Waals surface area contributed by atoms with Crippen LogP contribution < -0.4 is 28.4 Å². The second kappa shape index (κ2) is 13.5.